The Labute approximate surface area is 118 Å². The molecule has 0 aromatic carbocycles. The van der Waals surface area contributed by atoms with Crippen LogP contribution in [0.25, 0.3) is 0 Å². The predicted molar refractivity (Wildman–Crippen MR) is 75.7 cm³/mol. The van der Waals surface area contributed by atoms with E-state index in [1.165, 1.54) is 0 Å². The minimum absolute atomic E-state index is 0. The normalized spacial score (nSPS) is 10.7. The summed E-state index contributed by atoms with van der Waals surface area (Å²) in [6.45, 7) is 17.9. The predicted octanol–water partition coefficient (Wildman–Crippen LogP) is 3.66. The number of hydrogen-bond donors (Lipinski definition) is 1. The van der Waals surface area contributed by atoms with Crippen LogP contribution >= 0.6 is 17.0 Å². The monoisotopic (exact) mass is 293 g/mol. The summed E-state index contributed by atoms with van der Waals surface area (Å²) in [5, 5.41) is 0.132. The molecule has 84 valence electrons. The topological polar surface area (TPSA) is 20.2 Å². The third-order valence-electron chi connectivity index (χ3n) is 1.84. The van der Waals surface area contributed by atoms with Gasteiger partial charge in [0.15, 0.2) is 8.32 Å². The summed E-state index contributed by atoms with van der Waals surface area (Å²) in [5.41, 5.74) is 0. The van der Waals surface area contributed by atoms with E-state index in [1.807, 2.05) is 13.1 Å². The molecule has 0 amide bonds. The van der Waals surface area contributed by atoms with E-state index in [0.717, 1.165) is 0 Å². The van der Waals surface area contributed by atoms with Crippen molar-refractivity contribution in [3.63, 3.8) is 0 Å². The van der Waals surface area contributed by atoms with E-state index in [4.69, 9.17) is 0 Å². The summed E-state index contributed by atoms with van der Waals surface area (Å²) in [6, 6.07) is 0. The van der Waals surface area contributed by atoms with Gasteiger partial charge in [-0.2, -0.15) is 5.92 Å². The fraction of sp³-hybridized carbons (Fsp3) is 0.900. The standard InChI is InChI=1S/C6H16OSi.C4H9.BrH.Mg/c1-6(2,3)8(4,5)7;1-4(2)3;;/h7H,1-5H3;4H,1H2,2-3H3;1H;/q;-1;;+2. The summed E-state index contributed by atoms with van der Waals surface area (Å²) in [4.78, 5) is 9.49. The molecule has 0 aromatic rings. The molecule has 1 nitrogen and oxygen atoms in total. The molecule has 0 fully saturated rings. The van der Waals surface area contributed by atoms with Crippen LogP contribution < -0.4 is 0 Å². The Morgan fingerprint density at radius 2 is 1.21 bits per heavy atom. The average molecular weight is 295 g/mol. The summed E-state index contributed by atoms with van der Waals surface area (Å²) < 4.78 is 0. The van der Waals surface area contributed by atoms with Crippen molar-refractivity contribution in [2.24, 2.45) is 5.92 Å². The van der Waals surface area contributed by atoms with Crippen molar-refractivity contribution in [3.8, 4) is 0 Å². The van der Waals surface area contributed by atoms with Crippen LogP contribution in [0.2, 0.25) is 18.1 Å². The molecule has 0 aliphatic carbocycles. The van der Waals surface area contributed by atoms with Gasteiger partial charge in [-0.25, -0.2) is 0 Å². The Balaban J connectivity index is -0.0000000733. The van der Waals surface area contributed by atoms with Crippen molar-refractivity contribution in [2.75, 3.05) is 0 Å². The maximum absolute atomic E-state index is 9.49. The Kier molecular flexibility index (Phi) is 16.9. The zero-order valence-corrected chi connectivity index (χ0v) is 15.0. The van der Waals surface area contributed by atoms with Gasteiger partial charge in [-0.3, -0.25) is 0 Å². The first kappa shape index (κ1) is 24.6. The molecular weight excluding hydrogens is 268 g/mol. The molecule has 0 heterocycles. The summed E-state index contributed by atoms with van der Waals surface area (Å²) in [5.74, 6) is 0.583. The molecule has 0 rings (SSSR count). The van der Waals surface area contributed by atoms with Gasteiger partial charge in [0.05, 0.1) is 0 Å². The minimum atomic E-state index is -1.86. The molecule has 0 radical (unpaired) electrons. The van der Waals surface area contributed by atoms with E-state index >= 15 is 0 Å². The molecule has 0 saturated carbocycles. The van der Waals surface area contributed by atoms with Crippen LogP contribution in [0, 0.1) is 12.8 Å². The molecule has 1 N–H and O–H groups in total. The molecule has 0 saturated heterocycles. The molecule has 0 aromatic heterocycles. The summed E-state index contributed by atoms with van der Waals surface area (Å²) in [6.07, 6.45) is 0. The zero-order valence-electron chi connectivity index (χ0n) is 10.8. The van der Waals surface area contributed by atoms with Gasteiger partial charge in [0, 0.05) is 0 Å². The second-order valence-corrected chi connectivity index (χ2v) is 9.82. The van der Waals surface area contributed by atoms with Gasteiger partial charge >= 0.3 is 23.1 Å². The van der Waals surface area contributed by atoms with Crippen molar-refractivity contribution in [1.82, 2.24) is 0 Å². The Hall–Kier alpha value is 1.42. The fourth-order valence-corrected chi connectivity index (χ4v) is 0. The maximum Gasteiger partial charge on any atom is 2.00 e. The van der Waals surface area contributed by atoms with Crippen LogP contribution in [0.4, 0.5) is 0 Å². The summed E-state index contributed by atoms with van der Waals surface area (Å²) in [7, 11) is -1.86. The van der Waals surface area contributed by atoms with Gasteiger partial charge in [-0.15, -0.1) is 17.0 Å². The van der Waals surface area contributed by atoms with Crippen LogP contribution in [0.5, 0.6) is 0 Å². The van der Waals surface area contributed by atoms with Gasteiger partial charge in [0.25, 0.3) is 0 Å². The van der Waals surface area contributed by atoms with Crippen molar-refractivity contribution in [2.45, 2.75) is 52.8 Å². The van der Waals surface area contributed by atoms with E-state index < -0.39 is 8.32 Å². The van der Waals surface area contributed by atoms with Crippen LogP contribution in [-0.2, 0) is 0 Å². The second-order valence-electron chi connectivity index (χ2n) is 5.20. The quantitative estimate of drug-likeness (QED) is 0.534. The van der Waals surface area contributed by atoms with Crippen molar-refractivity contribution < 1.29 is 4.80 Å². The second kappa shape index (κ2) is 9.64. The third-order valence-corrected chi connectivity index (χ3v) is 5.51. The van der Waals surface area contributed by atoms with E-state index in [-0.39, 0.29) is 45.1 Å². The molecule has 0 spiro atoms. The smallest absolute Gasteiger partial charge is 0.432 e. The SMILES string of the molecule is Br.CC(C)(C)[Si](C)(C)O.[CH2-]C(C)C.[Mg+2]. The largest absolute Gasteiger partial charge is 2.00 e. The van der Waals surface area contributed by atoms with Crippen molar-refractivity contribution >= 4 is 48.4 Å². The minimum Gasteiger partial charge on any atom is -0.432 e. The molecular formula is C10H26BrMgOSi+. The van der Waals surface area contributed by atoms with E-state index in [9.17, 15) is 4.80 Å². The van der Waals surface area contributed by atoms with Crippen LogP contribution in [0.15, 0.2) is 0 Å². The molecule has 0 bridgehead atoms. The average Bonchev–Trinajstić information content (AvgIpc) is 1.55. The molecule has 4 heteroatoms. The number of halogens is 1. The van der Waals surface area contributed by atoms with E-state index in [0.29, 0.717) is 5.92 Å². The third kappa shape index (κ3) is 19.1. The Bertz CT molecular complexity index is 102. The Morgan fingerprint density at radius 3 is 1.21 bits per heavy atom. The zero-order chi connectivity index (χ0) is 10.6. The first-order valence-electron chi connectivity index (χ1n) is 4.54. The number of hydrogen-bond acceptors (Lipinski definition) is 1. The van der Waals surface area contributed by atoms with Gasteiger partial charge in [-0.05, 0) is 18.1 Å². The first-order valence-corrected chi connectivity index (χ1v) is 7.48. The van der Waals surface area contributed by atoms with E-state index in [2.05, 4.69) is 41.5 Å². The Morgan fingerprint density at radius 1 is 1.14 bits per heavy atom. The van der Waals surface area contributed by atoms with Crippen molar-refractivity contribution in [3.05, 3.63) is 6.92 Å². The van der Waals surface area contributed by atoms with Crippen LogP contribution in [0.1, 0.15) is 34.6 Å². The van der Waals surface area contributed by atoms with Crippen molar-refractivity contribution in [1.29, 1.82) is 0 Å². The van der Waals surface area contributed by atoms with Gasteiger partial charge in [0.1, 0.15) is 0 Å². The fourth-order valence-electron chi connectivity index (χ4n) is 0. The first-order chi connectivity index (χ1) is 4.98. The van der Waals surface area contributed by atoms with Crippen LogP contribution in [-0.4, -0.2) is 36.2 Å². The molecule has 0 atom stereocenters. The molecule has 0 aliphatic rings. The maximum atomic E-state index is 9.49. The molecule has 0 aliphatic heterocycles. The molecule has 14 heavy (non-hydrogen) atoms. The van der Waals surface area contributed by atoms with Gasteiger partial charge in [-0.1, -0.05) is 34.6 Å². The summed E-state index contributed by atoms with van der Waals surface area (Å²) >= 11 is 0. The van der Waals surface area contributed by atoms with E-state index in [1.54, 1.807) is 0 Å². The molecule has 0 unspecified atom stereocenters. The van der Waals surface area contributed by atoms with Gasteiger partial charge in [0.2, 0.25) is 0 Å². The number of rotatable bonds is 0. The van der Waals surface area contributed by atoms with Gasteiger partial charge < -0.3 is 11.7 Å². The van der Waals surface area contributed by atoms with Crippen LogP contribution in [0.3, 0.4) is 0 Å².